The summed E-state index contributed by atoms with van der Waals surface area (Å²) in [5, 5.41) is 10.1. The largest absolute Gasteiger partial charge is 0.480 e. The normalized spacial score (nSPS) is 12.1. The molecule has 0 radical (unpaired) electrons. The highest BCUT2D eigenvalue weighted by atomic mass is 16.5. The molecule has 0 amide bonds. The molecule has 2 heterocycles. The Morgan fingerprint density at radius 1 is 1.28 bits per heavy atom. The number of ether oxygens (including phenoxy) is 1. The Kier molecular flexibility index (Phi) is 4.20. The minimum atomic E-state index is -0.686. The van der Waals surface area contributed by atoms with Gasteiger partial charge in [-0.05, 0) is 24.5 Å². The standard InChI is InChI=1S/C13H15N3O2/c1-18-13-12(15-7-8-16-13)11(17)5-4-10-3-2-6-14-9-10/h2-3,6-9,11,17H,4-5H2,1H3. The Hall–Kier alpha value is -2.01. The van der Waals surface area contributed by atoms with Gasteiger partial charge < -0.3 is 9.84 Å². The molecule has 2 aromatic rings. The topological polar surface area (TPSA) is 68.1 Å². The lowest BCUT2D eigenvalue weighted by Gasteiger charge is -2.12. The molecule has 0 aliphatic heterocycles. The Morgan fingerprint density at radius 2 is 2.11 bits per heavy atom. The van der Waals surface area contributed by atoms with Crippen molar-refractivity contribution >= 4 is 0 Å². The number of pyridine rings is 1. The molecule has 5 nitrogen and oxygen atoms in total. The molecule has 2 rings (SSSR count). The van der Waals surface area contributed by atoms with Gasteiger partial charge in [-0.3, -0.25) is 9.97 Å². The minimum Gasteiger partial charge on any atom is -0.480 e. The van der Waals surface area contributed by atoms with Crippen molar-refractivity contribution < 1.29 is 9.84 Å². The fourth-order valence-corrected chi connectivity index (χ4v) is 1.71. The zero-order valence-electron chi connectivity index (χ0n) is 10.2. The molecular formula is C13H15N3O2. The summed E-state index contributed by atoms with van der Waals surface area (Å²) in [6.45, 7) is 0. The van der Waals surface area contributed by atoms with Gasteiger partial charge in [0.2, 0.25) is 5.88 Å². The van der Waals surface area contributed by atoms with E-state index in [2.05, 4.69) is 15.0 Å². The van der Waals surface area contributed by atoms with E-state index in [1.54, 1.807) is 18.6 Å². The van der Waals surface area contributed by atoms with Gasteiger partial charge in [-0.15, -0.1) is 0 Å². The summed E-state index contributed by atoms with van der Waals surface area (Å²) in [5.41, 5.74) is 1.56. The van der Waals surface area contributed by atoms with Gasteiger partial charge in [-0.25, -0.2) is 4.98 Å². The molecule has 18 heavy (non-hydrogen) atoms. The number of nitrogens with zero attached hydrogens (tertiary/aromatic N) is 3. The molecule has 1 N–H and O–H groups in total. The van der Waals surface area contributed by atoms with E-state index in [-0.39, 0.29) is 0 Å². The van der Waals surface area contributed by atoms with Crippen LogP contribution < -0.4 is 4.74 Å². The number of aromatic nitrogens is 3. The molecule has 0 aliphatic carbocycles. The van der Waals surface area contributed by atoms with E-state index in [0.29, 0.717) is 18.0 Å². The third-order valence-corrected chi connectivity index (χ3v) is 2.63. The Labute approximate surface area is 106 Å². The Morgan fingerprint density at radius 3 is 2.83 bits per heavy atom. The molecule has 0 saturated heterocycles. The lowest BCUT2D eigenvalue weighted by atomic mass is 10.1. The molecule has 0 bridgehead atoms. The monoisotopic (exact) mass is 245 g/mol. The predicted octanol–water partition coefficient (Wildman–Crippen LogP) is 1.55. The Bertz CT molecular complexity index is 491. The second-order valence-corrected chi connectivity index (χ2v) is 3.87. The fourth-order valence-electron chi connectivity index (χ4n) is 1.71. The van der Waals surface area contributed by atoms with Gasteiger partial charge in [0.15, 0.2) is 0 Å². The van der Waals surface area contributed by atoms with E-state index in [9.17, 15) is 5.11 Å². The second-order valence-electron chi connectivity index (χ2n) is 3.87. The first-order valence-electron chi connectivity index (χ1n) is 5.73. The maximum atomic E-state index is 10.1. The maximum Gasteiger partial charge on any atom is 0.238 e. The van der Waals surface area contributed by atoms with E-state index < -0.39 is 6.10 Å². The van der Waals surface area contributed by atoms with Gasteiger partial charge in [-0.1, -0.05) is 6.07 Å². The summed E-state index contributed by atoms with van der Waals surface area (Å²) in [6.07, 6.45) is 7.21. The SMILES string of the molecule is COc1nccnc1C(O)CCc1cccnc1. The van der Waals surface area contributed by atoms with Gasteiger partial charge >= 0.3 is 0 Å². The van der Waals surface area contributed by atoms with Crippen molar-refractivity contribution in [3.05, 3.63) is 48.2 Å². The van der Waals surface area contributed by atoms with Crippen molar-refractivity contribution in [1.29, 1.82) is 0 Å². The molecule has 0 saturated carbocycles. The van der Waals surface area contributed by atoms with Crippen molar-refractivity contribution in [3.63, 3.8) is 0 Å². The lowest BCUT2D eigenvalue weighted by molar-refractivity contribution is 0.157. The summed E-state index contributed by atoms with van der Waals surface area (Å²) >= 11 is 0. The van der Waals surface area contributed by atoms with Gasteiger partial charge in [0.05, 0.1) is 7.11 Å². The highest BCUT2D eigenvalue weighted by molar-refractivity contribution is 5.20. The molecular weight excluding hydrogens is 230 g/mol. The van der Waals surface area contributed by atoms with Crippen LogP contribution in [0.3, 0.4) is 0 Å². The van der Waals surface area contributed by atoms with Gasteiger partial charge in [0.1, 0.15) is 11.8 Å². The van der Waals surface area contributed by atoms with E-state index in [1.807, 2.05) is 12.1 Å². The molecule has 0 aromatic carbocycles. The highest BCUT2D eigenvalue weighted by Crippen LogP contribution is 2.23. The quantitative estimate of drug-likeness (QED) is 0.865. The number of aryl methyl sites for hydroxylation is 1. The summed E-state index contributed by atoms with van der Waals surface area (Å²) in [6, 6.07) is 3.86. The van der Waals surface area contributed by atoms with E-state index in [1.165, 1.54) is 13.3 Å². The van der Waals surface area contributed by atoms with Crippen LogP contribution in [0, 0.1) is 0 Å². The van der Waals surface area contributed by atoms with Crippen molar-refractivity contribution in [2.75, 3.05) is 7.11 Å². The summed E-state index contributed by atoms with van der Waals surface area (Å²) in [4.78, 5) is 12.2. The molecule has 2 aromatic heterocycles. The number of hydrogen-bond donors (Lipinski definition) is 1. The molecule has 1 atom stereocenters. The molecule has 94 valence electrons. The first-order valence-corrected chi connectivity index (χ1v) is 5.73. The third kappa shape index (κ3) is 3.01. The van der Waals surface area contributed by atoms with Crippen LogP contribution in [0.5, 0.6) is 5.88 Å². The number of aliphatic hydroxyl groups is 1. The summed E-state index contributed by atoms with van der Waals surface area (Å²) in [5.74, 6) is 0.371. The lowest BCUT2D eigenvalue weighted by Crippen LogP contribution is -2.06. The first kappa shape index (κ1) is 12.4. The van der Waals surface area contributed by atoms with Crippen LogP contribution in [0.1, 0.15) is 23.8 Å². The van der Waals surface area contributed by atoms with Crippen LogP contribution in [0.4, 0.5) is 0 Å². The molecule has 0 fully saturated rings. The smallest absolute Gasteiger partial charge is 0.238 e. The van der Waals surface area contributed by atoms with Crippen molar-refractivity contribution in [3.8, 4) is 5.88 Å². The van der Waals surface area contributed by atoms with Crippen LogP contribution in [0.25, 0.3) is 0 Å². The molecule has 0 aliphatic rings. The van der Waals surface area contributed by atoms with Gasteiger partial charge in [0.25, 0.3) is 0 Å². The summed E-state index contributed by atoms with van der Waals surface area (Å²) < 4.78 is 5.07. The van der Waals surface area contributed by atoms with E-state index in [4.69, 9.17) is 4.74 Å². The molecule has 1 unspecified atom stereocenters. The van der Waals surface area contributed by atoms with E-state index in [0.717, 1.165) is 12.0 Å². The highest BCUT2D eigenvalue weighted by Gasteiger charge is 2.15. The zero-order chi connectivity index (χ0) is 12.8. The van der Waals surface area contributed by atoms with Crippen molar-refractivity contribution in [1.82, 2.24) is 15.0 Å². The van der Waals surface area contributed by atoms with Crippen LogP contribution >= 0.6 is 0 Å². The van der Waals surface area contributed by atoms with Crippen LogP contribution in [0.2, 0.25) is 0 Å². The average molecular weight is 245 g/mol. The zero-order valence-corrected chi connectivity index (χ0v) is 10.2. The van der Waals surface area contributed by atoms with E-state index >= 15 is 0 Å². The first-order chi connectivity index (χ1) is 8.81. The molecule has 5 heteroatoms. The second kappa shape index (κ2) is 6.07. The van der Waals surface area contributed by atoms with Gasteiger partial charge in [0, 0.05) is 24.8 Å². The minimum absolute atomic E-state index is 0.371. The average Bonchev–Trinajstić information content (AvgIpc) is 2.45. The predicted molar refractivity (Wildman–Crippen MR) is 66.1 cm³/mol. The maximum absolute atomic E-state index is 10.1. The van der Waals surface area contributed by atoms with Crippen LogP contribution in [-0.2, 0) is 6.42 Å². The molecule has 0 spiro atoms. The van der Waals surface area contributed by atoms with Crippen LogP contribution in [-0.4, -0.2) is 27.2 Å². The number of rotatable bonds is 5. The van der Waals surface area contributed by atoms with Gasteiger partial charge in [-0.2, -0.15) is 0 Å². The third-order valence-electron chi connectivity index (χ3n) is 2.63. The number of methoxy groups -OCH3 is 1. The Balaban J connectivity index is 2.01. The number of hydrogen-bond acceptors (Lipinski definition) is 5. The van der Waals surface area contributed by atoms with Crippen molar-refractivity contribution in [2.24, 2.45) is 0 Å². The fraction of sp³-hybridized carbons (Fsp3) is 0.308. The summed E-state index contributed by atoms with van der Waals surface area (Å²) in [7, 11) is 1.52. The van der Waals surface area contributed by atoms with Crippen molar-refractivity contribution in [2.45, 2.75) is 18.9 Å². The van der Waals surface area contributed by atoms with Crippen LogP contribution in [0.15, 0.2) is 36.9 Å². The number of aliphatic hydroxyl groups excluding tert-OH is 1.